The third-order valence-corrected chi connectivity index (χ3v) is 5.72. The molecule has 2 aromatic carbocycles. The molecule has 0 atom stereocenters. The number of nitrogens with one attached hydrogen (secondary N) is 1. The minimum Gasteiger partial charge on any atom is -0.463 e. The van der Waals surface area contributed by atoms with Crippen LogP contribution in [0.2, 0.25) is 0 Å². The van der Waals surface area contributed by atoms with Crippen LogP contribution < -0.4 is 9.73 Å². The van der Waals surface area contributed by atoms with Crippen molar-refractivity contribution in [2.24, 2.45) is 5.10 Å². The molecule has 0 aliphatic rings. The van der Waals surface area contributed by atoms with E-state index in [1.165, 1.54) is 42.8 Å². The number of hydrazone groups is 1. The highest BCUT2D eigenvalue weighted by Crippen LogP contribution is 2.26. The predicted octanol–water partition coefficient (Wildman–Crippen LogP) is 3.07. The Balaban J connectivity index is 1.88. The van der Waals surface area contributed by atoms with Crippen molar-refractivity contribution in [3.63, 3.8) is 0 Å². The van der Waals surface area contributed by atoms with E-state index in [-0.39, 0.29) is 10.6 Å². The molecule has 0 aliphatic carbocycles. The molecule has 0 bridgehead atoms. The standard InChI is InChI=1S/C20H18FN3O4S/c1-15-8-10-17(11-9-15)29(26,27)24(19-7-3-2-6-18(19)21)14-20(25)23-22-13-16-5-4-12-28-16/h2-13H,14H2,1H3,(H,23,25)/b22-13-. The van der Waals surface area contributed by atoms with E-state index in [9.17, 15) is 17.6 Å². The van der Waals surface area contributed by atoms with Gasteiger partial charge in [0.25, 0.3) is 15.9 Å². The molecule has 3 aromatic rings. The Morgan fingerprint density at radius 1 is 1.14 bits per heavy atom. The fourth-order valence-corrected chi connectivity index (χ4v) is 3.92. The van der Waals surface area contributed by atoms with Gasteiger partial charge in [0.2, 0.25) is 0 Å². The molecule has 150 valence electrons. The SMILES string of the molecule is Cc1ccc(S(=O)(=O)N(CC(=O)N/N=C\c2ccco2)c2ccccc2F)cc1. The molecule has 1 aromatic heterocycles. The zero-order chi connectivity index (χ0) is 20.9. The number of halogens is 1. The Labute approximate surface area is 167 Å². The van der Waals surface area contributed by atoms with Crippen LogP contribution >= 0.6 is 0 Å². The minimum atomic E-state index is -4.19. The number of anilines is 1. The average Bonchev–Trinajstić information content (AvgIpc) is 3.20. The third kappa shape index (κ3) is 4.88. The molecular weight excluding hydrogens is 397 g/mol. The first-order valence-electron chi connectivity index (χ1n) is 8.57. The molecule has 9 heteroatoms. The van der Waals surface area contributed by atoms with E-state index in [1.54, 1.807) is 24.3 Å². The Kier molecular flexibility index (Phi) is 6.08. The van der Waals surface area contributed by atoms with Gasteiger partial charge >= 0.3 is 0 Å². The number of hydrogen-bond donors (Lipinski definition) is 1. The van der Waals surface area contributed by atoms with Gasteiger partial charge in [-0.2, -0.15) is 5.10 Å². The van der Waals surface area contributed by atoms with E-state index >= 15 is 0 Å². The van der Waals surface area contributed by atoms with Crippen LogP contribution in [-0.2, 0) is 14.8 Å². The van der Waals surface area contributed by atoms with E-state index in [0.717, 1.165) is 11.6 Å². The number of furan rings is 1. The number of nitrogens with zero attached hydrogens (tertiary/aromatic N) is 2. The van der Waals surface area contributed by atoms with Crippen molar-refractivity contribution in [1.82, 2.24) is 5.43 Å². The largest absolute Gasteiger partial charge is 0.463 e. The molecule has 0 aliphatic heterocycles. The van der Waals surface area contributed by atoms with Gasteiger partial charge in [0.1, 0.15) is 18.1 Å². The Bertz CT molecular complexity index is 1110. The number of hydrogen-bond acceptors (Lipinski definition) is 5. The highest BCUT2D eigenvalue weighted by atomic mass is 32.2. The van der Waals surface area contributed by atoms with Crippen molar-refractivity contribution in [1.29, 1.82) is 0 Å². The van der Waals surface area contributed by atoms with Gasteiger partial charge < -0.3 is 4.42 Å². The summed E-state index contributed by atoms with van der Waals surface area (Å²) < 4.78 is 46.4. The summed E-state index contributed by atoms with van der Waals surface area (Å²) in [5, 5.41) is 3.72. The maximum Gasteiger partial charge on any atom is 0.264 e. The number of aryl methyl sites for hydroxylation is 1. The molecule has 1 N–H and O–H groups in total. The molecule has 0 unspecified atom stereocenters. The monoisotopic (exact) mass is 415 g/mol. The highest BCUT2D eigenvalue weighted by Gasteiger charge is 2.29. The van der Waals surface area contributed by atoms with E-state index in [4.69, 9.17) is 4.42 Å². The first-order chi connectivity index (χ1) is 13.9. The topological polar surface area (TPSA) is 92.0 Å². The summed E-state index contributed by atoms with van der Waals surface area (Å²) in [6.45, 7) is 1.15. The van der Waals surface area contributed by atoms with E-state index in [1.807, 2.05) is 6.92 Å². The van der Waals surface area contributed by atoms with Crippen LogP contribution in [0.25, 0.3) is 0 Å². The van der Waals surface area contributed by atoms with Gasteiger partial charge in [0.15, 0.2) is 0 Å². The molecule has 0 spiro atoms. The molecule has 29 heavy (non-hydrogen) atoms. The lowest BCUT2D eigenvalue weighted by molar-refractivity contribution is -0.119. The maximum atomic E-state index is 14.4. The fourth-order valence-electron chi connectivity index (χ4n) is 2.49. The second-order valence-electron chi connectivity index (χ2n) is 6.08. The number of rotatable bonds is 7. The quantitative estimate of drug-likeness (QED) is 0.474. The first-order valence-corrected chi connectivity index (χ1v) is 10.0. The molecule has 1 heterocycles. The van der Waals surface area contributed by atoms with Crippen LogP contribution in [0.1, 0.15) is 11.3 Å². The number of sulfonamides is 1. The summed E-state index contributed by atoms with van der Waals surface area (Å²) in [6, 6.07) is 14.7. The molecule has 3 rings (SSSR count). The Hall–Kier alpha value is -3.46. The number of carbonyl (C=O) groups is 1. The van der Waals surface area contributed by atoms with Crippen LogP contribution in [-0.4, -0.2) is 27.1 Å². The summed E-state index contributed by atoms with van der Waals surface area (Å²) in [5.41, 5.74) is 2.84. The van der Waals surface area contributed by atoms with E-state index in [2.05, 4.69) is 10.5 Å². The second kappa shape index (κ2) is 8.70. The van der Waals surface area contributed by atoms with Crippen molar-refractivity contribution in [3.05, 3.63) is 84.1 Å². The summed E-state index contributed by atoms with van der Waals surface area (Å²) in [5.74, 6) is -1.11. The van der Waals surface area contributed by atoms with Crippen LogP contribution in [0.4, 0.5) is 10.1 Å². The molecular formula is C20H18FN3O4S. The first kappa shape index (κ1) is 20.3. The number of para-hydroxylation sites is 1. The van der Waals surface area contributed by atoms with E-state index in [0.29, 0.717) is 10.1 Å². The lowest BCUT2D eigenvalue weighted by atomic mass is 10.2. The molecule has 0 saturated heterocycles. The Morgan fingerprint density at radius 3 is 2.52 bits per heavy atom. The van der Waals surface area contributed by atoms with E-state index < -0.39 is 28.3 Å². The lowest BCUT2D eigenvalue weighted by Gasteiger charge is -2.24. The molecule has 0 saturated carbocycles. The summed E-state index contributed by atoms with van der Waals surface area (Å²) in [6.07, 6.45) is 2.71. The lowest BCUT2D eigenvalue weighted by Crippen LogP contribution is -2.40. The normalized spacial score (nSPS) is 11.5. The van der Waals surface area contributed by atoms with Gasteiger partial charge in [0, 0.05) is 0 Å². The zero-order valence-corrected chi connectivity index (χ0v) is 16.3. The van der Waals surface area contributed by atoms with Crippen LogP contribution in [0.3, 0.4) is 0 Å². The smallest absolute Gasteiger partial charge is 0.264 e. The number of amides is 1. The second-order valence-corrected chi connectivity index (χ2v) is 7.95. The van der Waals surface area contributed by atoms with Gasteiger partial charge in [0.05, 0.1) is 23.1 Å². The molecule has 1 amide bonds. The van der Waals surface area contributed by atoms with Gasteiger partial charge in [-0.15, -0.1) is 0 Å². The number of carbonyl (C=O) groups excluding carboxylic acids is 1. The minimum absolute atomic E-state index is 0.0572. The molecule has 0 fully saturated rings. The van der Waals surface area contributed by atoms with Crippen LogP contribution in [0, 0.1) is 12.7 Å². The zero-order valence-electron chi connectivity index (χ0n) is 15.4. The van der Waals surface area contributed by atoms with Gasteiger partial charge in [-0.05, 0) is 43.3 Å². The average molecular weight is 415 g/mol. The van der Waals surface area contributed by atoms with Gasteiger partial charge in [-0.1, -0.05) is 29.8 Å². The van der Waals surface area contributed by atoms with Crippen molar-refractivity contribution in [2.45, 2.75) is 11.8 Å². The van der Waals surface area contributed by atoms with Crippen molar-refractivity contribution in [2.75, 3.05) is 10.8 Å². The van der Waals surface area contributed by atoms with Crippen molar-refractivity contribution < 1.29 is 22.0 Å². The fraction of sp³-hybridized carbons (Fsp3) is 0.100. The summed E-state index contributed by atoms with van der Waals surface area (Å²) in [7, 11) is -4.19. The number of benzene rings is 2. The van der Waals surface area contributed by atoms with Gasteiger partial charge in [-0.3, -0.25) is 9.10 Å². The van der Waals surface area contributed by atoms with Gasteiger partial charge in [-0.25, -0.2) is 18.2 Å². The highest BCUT2D eigenvalue weighted by molar-refractivity contribution is 7.92. The Morgan fingerprint density at radius 2 is 1.86 bits per heavy atom. The molecule has 0 radical (unpaired) electrons. The third-order valence-electron chi connectivity index (χ3n) is 3.94. The maximum absolute atomic E-state index is 14.4. The van der Waals surface area contributed by atoms with Crippen LogP contribution in [0.5, 0.6) is 0 Å². The van der Waals surface area contributed by atoms with Crippen molar-refractivity contribution >= 4 is 27.8 Å². The molecule has 7 nitrogen and oxygen atoms in total. The summed E-state index contributed by atoms with van der Waals surface area (Å²) in [4.78, 5) is 12.3. The van der Waals surface area contributed by atoms with Crippen LogP contribution in [0.15, 0.2) is 81.3 Å². The predicted molar refractivity (Wildman–Crippen MR) is 107 cm³/mol. The summed E-state index contributed by atoms with van der Waals surface area (Å²) >= 11 is 0. The van der Waals surface area contributed by atoms with Crippen molar-refractivity contribution in [3.8, 4) is 0 Å².